The highest BCUT2D eigenvalue weighted by Gasteiger charge is 2.30. The normalized spacial score (nSPS) is 15.5. The Morgan fingerprint density at radius 2 is 1.77 bits per heavy atom. The van der Waals surface area contributed by atoms with Crippen LogP contribution in [0.25, 0.3) is 0 Å². The summed E-state index contributed by atoms with van der Waals surface area (Å²) in [5, 5.41) is 2.41. The molecule has 31 heavy (non-hydrogen) atoms. The van der Waals surface area contributed by atoms with Gasteiger partial charge >= 0.3 is 5.97 Å². The second kappa shape index (κ2) is 9.52. The van der Waals surface area contributed by atoms with Crippen LogP contribution in [0.15, 0.2) is 41.3 Å². The Morgan fingerprint density at radius 3 is 2.42 bits per heavy atom. The summed E-state index contributed by atoms with van der Waals surface area (Å²) in [5.74, 6) is -2.16. The van der Waals surface area contributed by atoms with E-state index in [0.717, 1.165) is 31.0 Å². The number of amides is 1. The van der Waals surface area contributed by atoms with Crippen molar-refractivity contribution >= 4 is 50.8 Å². The summed E-state index contributed by atoms with van der Waals surface area (Å²) in [7, 11) is -3.85. The van der Waals surface area contributed by atoms with Gasteiger partial charge in [0.1, 0.15) is 10.7 Å². The number of hydrogen-bond acceptors (Lipinski definition) is 5. The van der Waals surface area contributed by atoms with E-state index in [1.54, 1.807) is 0 Å². The van der Waals surface area contributed by atoms with Gasteiger partial charge in [0.15, 0.2) is 6.10 Å². The molecule has 1 heterocycles. The fraction of sp³-hybridized carbons (Fsp3) is 0.300. The Kier molecular flexibility index (Phi) is 7.20. The van der Waals surface area contributed by atoms with Gasteiger partial charge in [-0.25, -0.2) is 17.6 Å². The molecule has 1 aliphatic heterocycles. The van der Waals surface area contributed by atoms with Crippen LogP contribution in [0.2, 0.25) is 10.0 Å². The van der Waals surface area contributed by atoms with Gasteiger partial charge in [-0.1, -0.05) is 23.2 Å². The quantitative estimate of drug-likeness (QED) is 0.617. The van der Waals surface area contributed by atoms with Gasteiger partial charge in [-0.3, -0.25) is 4.79 Å². The lowest BCUT2D eigenvalue weighted by molar-refractivity contribution is -0.123. The van der Waals surface area contributed by atoms with Crippen LogP contribution in [0.4, 0.5) is 10.1 Å². The van der Waals surface area contributed by atoms with Gasteiger partial charge in [0, 0.05) is 13.1 Å². The molecule has 1 atom stereocenters. The maximum atomic E-state index is 13.1. The first-order valence-electron chi connectivity index (χ1n) is 9.36. The van der Waals surface area contributed by atoms with E-state index in [9.17, 15) is 22.4 Å². The minimum absolute atomic E-state index is 0.0126. The highest BCUT2D eigenvalue weighted by atomic mass is 35.5. The molecule has 3 rings (SSSR count). The van der Waals surface area contributed by atoms with E-state index < -0.39 is 33.8 Å². The number of halogens is 3. The zero-order valence-electron chi connectivity index (χ0n) is 16.4. The predicted molar refractivity (Wildman–Crippen MR) is 114 cm³/mol. The molecule has 1 aliphatic rings. The third kappa shape index (κ3) is 5.35. The first kappa shape index (κ1) is 23.5. The lowest BCUT2D eigenvalue weighted by Gasteiger charge is -2.18. The summed E-state index contributed by atoms with van der Waals surface area (Å²) in [6, 6.07) is 7.18. The monoisotopic (exact) mass is 488 g/mol. The third-order valence-corrected chi connectivity index (χ3v) is 7.38. The van der Waals surface area contributed by atoms with Gasteiger partial charge in [0.25, 0.3) is 5.91 Å². The van der Waals surface area contributed by atoms with Crippen molar-refractivity contribution in [3.63, 3.8) is 0 Å². The number of sulfonamides is 1. The number of ether oxygens (including phenoxy) is 1. The molecule has 1 N–H and O–H groups in total. The van der Waals surface area contributed by atoms with E-state index >= 15 is 0 Å². The highest BCUT2D eigenvalue weighted by Crippen LogP contribution is 2.28. The largest absolute Gasteiger partial charge is 0.449 e. The van der Waals surface area contributed by atoms with E-state index in [1.165, 1.54) is 29.4 Å². The van der Waals surface area contributed by atoms with Gasteiger partial charge in [-0.05, 0) is 56.2 Å². The number of nitrogens with one attached hydrogen (secondary N) is 1. The van der Waals surface area contributed by atoms with Gasteiger partial charge in [-0.2, -0.15) is 4.31 Å². The van der Waals surface area contributed by atoms with Crippen molar-refractivity contribution in [1.82, 2.24) is 4.31 Å². The maximum Gasteiger partial charge on any atom is 0.338 e. The van der Waals surface area contributed by atoms with Crippen molar-refractivity contribution < 1.29 is 27.1 Å². The van der Waals surface area contributed by atoms with Crippen LogP contribution >= 0.6 is 23.2 Å². The van der Waals surface area contributed by atoms with Gasteiger partial charge in [0.2, 0.25) is 10.0 Å². The van der Waals surface area contributed by atoms with Crippen molar-refractivity contribution in [3.8, 4) is 0 Å². The standard InChI is InChI=1S/C20H19Cl2FN2O5S/c1-12(19(26)24-17-7-5-14(23)11-16(17)22)30-20(27)13-4-6-15(21)18(10-13)31(28,29)25-8-2-3-9-25/h4-7,10-12H,2-3,8-9H2,1H3,(H,24,26). The molecular formula is C20H19Cl2FN2O5S. The van der Waals surface area contributed by atoms with Crippen LogP contribution in [0.3, 0.4) is 0 Å². The predicted octanol–water partition coefficient (Wildman–Crippen LogP) is 4.10. The molecule has 0 radical (unpaired) electrons. The first-order chi connectivity index (χ1) is 14.6. The molecule has 1 amide bonds. The molecule has 1 fully saturated rings. The summed E-state index contributed by atoms with van der Waals surface area (Å²) >= 11 is 11.9. The number of anilines is 1. The Bertz CT molecular complexity index is 1120. The minimum atomic E-state index is -3.85. The smallest absolute Gasteiger partial charge is 0.338 e. The van der Waals surface area contributed by atoms with E-state index in [-0.39, 0.29) is 26.2 Å². The number of esters is 1. The Hall–Kier alpha value is -2.20. The zero-order chi connectivity index (χ0) is 22.8. The average Bonchev–Trinajstić information content (AvgIpc) is 3.26. The number of nitrogens with zero attached hydrogens (tertiary/aromatic N) is 1. The molecule has 7 nitrogen and oxygen atoms in total. The topological polar surface area (TPSA) is 92.8 Å². The molecule has 0 bridgehead atoms. The van der Waals surface area contributed by atoms with Gasteiger partial charge in [-0.15, -0.1) is 0 Å². The maximum absolute atomic E-state index is 13.1. The number of benzene rings is 2. The molecule has 1 saturated heterocycles. The van der Waals surface area contributed by atoms with Gasteiger partial charge < -0.3 is 10.1 Å². The SMILES string of the molecule is CC(OC(=O)c1ccc(Cl)c(S(=O)(=O)N2CCCC2)c1)C(=O)Nc1ccc(F)cc1Cl. The molecule has 11 heteroatoms. The summed E-state index contributed by atoms with van der Waals surface area (Å²) in [4.78, 5) is 24.6. The zero-order valence-corrected chi connectivity index (χ0v) is 18.7. The number of hydrogen-bond donors (Lipinski definition) is 1. The van der Waals surface area contributed by atoms with Crippen molar-refractivity contribution in [2.75, 3.05) is 18.4 Å². The Balaban J connectivity index is 1.73. The second-order valence-electron chi connectivity index (χ2n) is 6.92. The van der Waals surface area contributed by atoms with E-state index in [0.29, 0.717) is 13.1 Å². The Labute approximate surface area is 189 Å². The molecule has 2 aromatic carbocycles. The molecule has 1 unspecified atom stereocenters. The van der Waals surface area contributed by atoms with Crippen molar-refractivity contribution in [2.24, 2.45) is 0 Å². The number of carbonyl (C=O) groups is 2. The molecular weight excluding hydrogens is 470 g/mol. The molecule has 0 saturated carbocycles. The summed E-state index contributed by atoms with van der Waals surface area (Å²) < 4.78 is 45.2. The summed E-state index contributed by atoms with van der Waals surface area (Å²) in [6.07, 6.45) is 0.273. The van der Waals surface area contributed by atoms with E-state index in [4.69, 9.17) is 27.9 Å². The first-order valence-corrected chi connectivity index (χ1v) is 11.6. The molecule has 0 spiro atoms. The van der Waals surface area contributed by atoms with Crippen LogP contribution in [-0.2, 0) is 19.6 Å². The molecule has 166 valence electrons. The summed E-state index contributed by atoms with van der Waals surface area (Å²) in [6.45, 7) is 2.11. The van der Waals surface area contributed by atoms with Crippen LogP contribution in [0, 0.1) is 5.82 Å². The molecule has 0 aromatic heterocycles. The van der Waals surface area contributed by atoms with Crippen LogP contribution in [0.1, 0.15) is 30.1 Å². The van der Waals surface area contributed by atoms with E-state index in [1.807, 2.05) is 0 Å². The van der Waals surface area contributed by atoms with Crippen molar-refractivity contribution in [1.29, 1.82) is 0 Å². The van der Waals surface area contributed by atoms with E-state index in [2.05, 4.69) is 5.32 Å². The van der Waals surface area contributed by atoms with Gasteiger partial charge in [0.05, 0.1) is 21.3 Å². The van der Waals surface area contributed by atoms with Crippen molar-refractivity contribution in [2.45, 2.75) is 30.8 Å². The highest BCUT2D eigenvalue weighted by molar-refractivity contribution is 7.89. The lowest BCUT2D eigenvalue weighted by Crippen LogP contribution is -2.30. The van der Waals surface area contributed by atoms with Crippen LogP contribution in [-0.4, -0.2) is 43.8 Å². The Morgan fingerprint density at radius 1 is 1.10 bits per heavy atom. The number of carbonyl (C=O) groups excluding carboxylic acids is 2. The van der Waals surface area contributed by atoms with Crippen LogP contribution in [0.5, 0.6) is 0 Å². The number of rotatable bonds is 6. The van der Waals surface area contributed by atoms with Crippen molar-refractivity contribution in [3.05, 3.63) is 57.8 Å². The minimum Gasteiger partial charge on any atom is -0.449 e. The lowest BCUT2D eigenvalue weighted by atomic mass is 10.2. The average molecular weight is 489 g/mol. The fourth-order valence-electron chi connectivity index (χ4n) is 3.00. The fourth-order valence-corrected chi connectivity index (χ4v) is 5.23. The molecule has 0 aliphatic carbocycles. The third-order valence-electron chi connectivity index (χ3n) is 4.69. The second-order valence-corrected chi connectivity index (χ2v) is 9.64. The summed E-state index contributed by atoms with van der Waals surface area (Å²) in [5.41, 5.74) is 0.0862. The molecule has 2 aromatic rings. The van der Waals surface area contributed by atoms with Crippen LogP contribution < -0.4 is 5.32 Å².